The molecule has 4 rings (SSSR count). The third-order valence-electron chi connectivity index (χ3n) is 4.16. The molecule has 1 fully saturated rings. The van der Waals surface area contributed by atoms with E-state index in [1.807, 2.05) is 12.1 Å². The van der Waals surface area contributed by atoms with E-state index in [-0.39, 0.29) is 5.91 Å². The summed E-state index contributed by atoms with van der Waals surface area (Å²) in [6.45, 7) is 0.542. The summed E-state index contributed by atoms with van der Waals surface area (Å²) in [6, 6.07) is 7.30. The van der Waals surface area contributed by atoms with Gasteiger partial charge in [0, 0.05) is 29.1 Å². The molecule has 6 nitrogen and oxygen atoms in total. The number of amides is 1. The van der Waals surface area contributed by atoms with Crippen molar-refractivity contribution in [2.45, 2.75) is 12.8 Å². The molecule has 2 aromatic heterocycles. The predicted octanol–water partition coefficient (Wildman–Crippen LogP) is 4.57. The highest BCUT2D eigenvalue weighted by molar-refractivity contribution is 9.10. The maximum Gasteiger partial charge on any atom is 0.278 e. The number of hydrogen-bond donors (Lipinski definition) is 2. The molecular weight excluding hydrogens is 420 g/mol. The summed E-state index contributed by atoms with van der Waals surface area (Å²) in [5.74, 6) is 0.239. The maximum atomic E-state index is 12.6. The van der Waals surface area contributed by atoms with Crippen LogP contribution in [0, 0.1) is 5.92 Å². The lowest BCUT2D eigenvalue weighted by atomic mass is 10.2. The van der Waals surface area contributed by atoms with Gasteiger partial charge >= 0.3 is 0 Å². The number of rotatable bonds is 6. The van der Waals surface area contributed by atoms with E-state index in [1.165, 1.54) is 0 Å². The number of anilines is 2. The van der Waals surface area contributed by atoms with Crippen molar-refractivity contribution in [2.75, 3.05) is 11.9 Å². The molecule has 1 aliphatic rings. The zero-order chi connectivity index (χ0) is 18.1. The van der Waals surface area contributed by atoms with E-state index >= 15 is 0 Å². The van der Waals surface area contributed by atoms with Crippen molar-refractivity contribution in [2.24, 2.45) is 5.92 Å². The zero-order valence-electron chi connectivity index (χ0n) is 13.7. The lowest BCUT2D eigenvalue weighted by Gasteiger charge is -2.14. The molecule has 134 valence electrons. The van der Waals surface area contributed by atoms with E-state index in [4.69, 9.17) is 16.4 Å². The van der Waals surface area contributed by atoms with Crippen LogP contribution in [0.25, 0.3) is 5.65 Å². The number of carbonyl (C=O) groups excluding carboxylic acids is 1. The summed E-state index contributed by atoms with van der Waals surface area (Å²) in [6.07, 6.45) is 7.50. The molecule has 1 saturated carbocycles. The van der Waals surface area contributed by atoms with Gasteiger partial charge in [-0.25, -0.2) is 10.5 Å². The van der Waals surface area contributed by atoms with Crippen molar-refractivity contribution < 1.29 is 9.63 Å². The summed E-state index contributed by atoms with van der Waals surface area (Å²) >= 11 is 9.68. The summed E-state index contributed by atoms with van der Waals surface area (Å²) in [5.41, 5.74) is 4.97. The van der Waals surface area contributed by atoms with Crippen LogP contribution in [0.2, 0.25) is 5.02 Å². The topological polar surface area (TPSA) is 67.7 Å². The number of nitrogens with zero attached hydrogens (tertiary/aromatic N) is 2. The van der Waals surface area contributed by atoms with Crippen molar-refractivity contribution in [3.8, 4) is 0 Å². The van der Waals surface area contributed by atoms with Crippen LogP contribution in [-0.4, -0.2) is 21.9 Å². The van der Waals surface area contributed by atoms with Gasteiger partial charge in [-0.3, -0.25) is 9.63 Å². The van der Waals surface area contributed by atoms with Crippen LogP contribution in [0.15, 0.2) is 47.3 Å². The highest BCUT2D eigenvalue weighted by atomic mass is 79.9. The monoisotopic (exact) mass is 434 g/mol. The number of carbonyl (C=O) groups is 1. The Morgan fingerprint density at radius 2 is 2.19 bits per heavy atom. The third kappa shape index (κ3) is 3.85. The van der Waals surface area contributed by atoms with Crippen LogP contribution in [0.5, 0.6) is 0 Å². The molecule has 1 amide bonds. The second-order valence-corrected chi connectivity index (χ2v) is 7.55. The van der Waals surface area contributed by atoms with Crippen molar-refractivity contribution in [3.63, 3.8) is 0 Å². The molecule has 8 heteroatoms. The van der Waals surface area contributed by atoms with Gasteiger partial charge in [0.25, 0.3) is 5.91 Å². The molecule has 0 aliphatic heterocycles. The first-order chi connectivity index (χ1) is 12.6. The average molecular weight is 436 g/mol. The fourth-order valence-corrected chi connectivity index (χ4v) is 3.27. The fourth-order valence-electron chi connectivity index (χ4n) is 2.55. The molecule has 0 bridgehead atoms. The zero-order valence-corrected chi connectivity index (χ0v) is 16.0. The Morgan fingerprint density at radius 3 is 2.96 bits per heavy atom. The molecule has 0 saturated heterocycles. The molecule has 1 aliphatic carbocycles. The Hall–Kier alpha value is -2.09. The number of hydrogen-bond acceptors (Lipinski definition) is 4. The van der Waals surface area contributed by atoms with Gasteiger partial charge in [-0.2, -0.15) is 0 Å². The second-order valence-electron chi connectivity index (χ2n) is 6.23. The quantitative estimate of drug-likeness (QED) is 0.557. The van der Waals surface area contributed by atoms with Gasteiger partial charge in [-0.15, -0.1) is 0 Å². The van der Waals surface area contributed by atoms with Crippen LogP contribution >= 0.6 is 27.5 Å². The standard InChI is InChI=1S/C18H16BrClN4O2/c19-12-3-4-15(14(20)7-12)22-16-8-17-21-5-6-24(17)9-13(16)18(25)23-26-10-11-1-2-11/h3-9,11,22H,1-2,10H2,(H,23,25). The van der Waals surface area contributed by atoms with E-state index in [9.17, 15) is 4.79 Å². The Kier molecular flexibility index (Phi) is 4.84. The van der Waals surface area contributed by atoms with E-state index in [0.717, 1.165) is 23.0 Å². The largest absolute Gasteiger partial charge is 0.353 e. The van der Waals surface area contributed by atoms with E-state index < -0.39 is 0 Å². The first kappa shape index (κ1) is 17.3. The Labute approximate surface area is 163 Å². The number of benzene rings is 1. The predicted molar refractivity (Wildman–Crippen MR) is 104 cm³/mol. The molecule has 2 heterocycles. The van der Waals surface area contributed by atoms with Gasteiger partial charge in [0.2, 0.25) is 0 Å². The molecule has 0 unspecified atom stereocenters. The first-order valence-corrected chi connectivity index (χ1v) is 9.38. The van der Waals surface area contributed by atoms with Gasteiger partial charge in [-0.05, 0) is 37.0 Å². The fraction of sp³-hybridized carbons (Fsp3) is 0.222. The Morgan fingerprint density at radius 1 is 1.35 bits per heavy atom. The molecule has 3 aromatic rings. The van der Waals surface area contributed by atoms with Crippen LogP contribution in [0.3, 0.4) is 0 Å². The van der Waals surface area contributed by atoms with Crippen molar-refractivity contribution >= 4 is 50.5 Å². The minimum absolute atomic E-state index is 0.322. The highest BCUT2D eigenvalue weighted by Gasteiger charge is 2.22. The molecule has 0 spiro atoms. The van der Waals surface area contributed by atoms with Crippen LogP contribution in [0.4, 0.5) is 11.4 Å². The van der Waals surface area contributed by atoms with Gasteiger partial charge in [0.05, 0.1) is 28.6 Å². The van der Waals surface area contributed by atoms with Crippen LogP contribution < -0.4 is 10.8 Å². The molecule has 0 radical (unpaired) electrons. The second kappa shape index (κ2) is 7.26. The molecule has 2 N–H and O–H groups in total. The summed E-state index contributed by atoms with van der Waals surface area (Å²) < 4.78 is 2.66. The molecule has 26 heavy (non-hydrogen) atoms. The number of halogens is 2. The maximum absolute atomic E-state index is 12.6. The van der Waals surface area contributed by atoms with Gasteiger partial charge in [0.15, 0.2) is 0 Å². The number of fused-ring (bicyclic) bond motifs is 1. The van der Waals surface area contributed by atoms with Crippen LogP contribution in [0.1, 0.15) is 23.2 Å². The van der Waals surface area contributed by atoms with Gasteiger partial charge < -0.3 is 9.72 Å². The van der Waals surface area contributed by atoms with Crippen molar-refractivity contribution in [1.29, 1.82) is 0 Å². The van der Waals surface area contributed by atoms with E-state index in [0.29, 0.717) is 34.5 Å². The third-order valence-corrected chi connectivity index (χ3v) is 4.96. The molecular formula is C18H16BrClN4O2. The minimum atomic E-state index is -0.322. The molecule has 1 aromatic carbocycles. The number of nitrogens with one attached hydrogen (secondary N) is 2. The first-order valence-electron chi connectivity index (χ1n) is 8.21. The average Bonchev–Trinajstić information content (AvgIpc) is 3.32. The summed E-state index contributed by atoms with van der Waals surface area (Å²) in [7, 11) is 0. The smallest absolute Gasteiger partial charge is 0.278 e. The Balaban J connectivity index is 1.63. The van der Waals surface area contributed by atoms with Crippen molar-refractivity contribution in [3.05, 3.63) is 57.9 Å². The van der Waals surface area contributed by atoms with E-state index in [2.05, 4.69) is 31.7 Å². The number of aromatic nitrogens is 2. The number of hydroxylamine groups is 1. The minimum Gasteiger partial charge on any atom is -0.353 e. The number of pyridine rings is 1. The van der Waals surface area contributed by atoms with Gasteiger partial charge in [-0.1, -0.05) is 27.5 Å². The van der Waals surface area contributed by atoms with Crippen molar-refractivity contribution in [1.82, 2.24) is 14.9 Å². The normalized spacial score (nSPS) is 13.8. The van der Waals surface area contributed by atoms with Gasteiger partial charge in [0.1, 0.15) is 5.65 Å². The van der Waals surface area contributed by atoms with E-state index in [1.54, 1.807) is 35.1 Å². The Bertz CT molecular complexity index is 971. The SMILES string of the molecule is O=C(NOCC1CC1)c1cn2ccnc2cc1Nc1ccc(Br)cc1Cl. The lowest BCUT2D eigenvalue weighted by molar-refractivity contribution is 0.0270. The molecule has 0 atom stereocenters. The number of imidazole rings is 1. The van der Waals surface area contributed by atoms with Crippen LogP contribution in [-0.2, 0) is 4.84 Å². The summed E-state index contributed by atoms with van der Waals surface area (Å²) in [5, 5.41) is 3.76. The lowest BCUT2D eigenvalue weighted by Crippen LogP contribution is -2.25. The highest BCUT2D eigenvalue weighted by Crippen LogP contribution is 2.31. The summed E-state index contributed by atoms with van der Waals surface area (Å²) in [4.78, 5) is 22.2.